The van der Waals surface area contributed by atoms with E-state index in [2.05, 4.69) is 57.3 Å². The van der Waals surface area contributed by atoms with Crippen LogP contribution >= 0.6 is 0 Å². The Morgan fingerprint density at radius 2 is 1.55 bits per heavy atom. The molecule has 0 bridgehead atoms. The third kappa shape index (κ3) is 5.64. The fourth-order valence-corrected chi connectivity index (χ4v) is 2.36. The van der Waals surface area contributed by atoms with E-state index in [1.54, 1.807) is 0 Å². The van der Waals surface area contributed by atoms with Crippen molar-refractivity contribution in [3.8, 4) is 0 Å². The summed E-state index contributed by atoms with van der Waals surface area (Å²) in [5.41, 5.74) is 2.32. The highest BCUT2D eigenvalue weighted by Crippen LogP contribution is 2.20. The van der Waals surface area contributed by atoms with Crippen molar-refractivity contribution in [2.24, 2.45) is 0 Å². The third-order valence-corrected chi connectivity index (χ3v) is 3.91. The highest BCUT2D eigenvalue weighted by atomic mass is 16.3. The predicted molar refractivity (Wildman–Crippen MR) is 87.1 cm³/mol. The van der Waals surface area contributed by atoms with Gasteiger partial charge in [0, 0.05) is 6.04 Å². The second-order valence-electron chi connectivity index (χ2n) is 6.07. The van der Waals surface area contributed by atoms with E-state index in [1.165, 1.54) is 31.2 Å². The van der Waals surface area contributed by atoms with Crippen molar-refractivity contribution >= 4 is 0 Å². The molecule has 2 heteroatoms. The zero-order chi connectivity index (χ0) is 15.0. The molecular weight excluding hydrogens is 246 g/mol. The topological polar surface area (TPSA) is 32.3 Å². The Morgan fingerprint density at radius 1 is 0.950 bits per heavy atom. The molecule has 2 nitrogen and oxygen atoms in total. The Morgan fingerprint density at radius 3 is 2.10 bits per heavy atom. The molecule has 2 atom stereocenters. The van der Waals surface area contributed by atoms with Crippen molar-refractivity contribution in [3.05, 3.63) is 35.4 Å². The van der Waals surface area contributed by atoms with Crippen LogP contribution in [0, 0.1) is 0 Å². The van der Waals surface area contributed by atoms with Crippen LogP contribution in [0.1, 0.15) is 76.5 Å². The summed E-state index contributed by atoms with van der Waals surface area (Å²) in [7, 11) is 0. The van der Waals surface area contributed by atoms with Crippen LogP contribution in [0.15, 0.2) is 24.3 Å². The van der Waals surface area contributed by atoms with E-state index >= 15 is 0 Å². The van der Waals surface area contributed by atoms with Crippen LogP contribution in [0.25, 0.3) is 0 Å². The lowest BCUT2D eigenvalue weighted by Crippen LogP contribution is -2.32. The smallest absolute Gasteiger partial charge is 0.0940 e. The summed E-state index contributed by atoms with van der Waals surface area (Å²) in [6.45, 7) is 9.64. The van der Waals surface area contributed by atoms with E-state index in [4.69, 9.17) is 0 Å². The van der Waals surface area contributed by atoms with Crippen molar-refractivity contribution in [1.29, 1.82) is 0 Å². The van der Waals surface area contributed by atoms with Gasteiger partial charge in [-0.1, -0.05) is 64.3 Å². The molecule has 1 aromatic carbocycles. The molecule has 0 aliphatic rings. The molecule has 20 heavy (non-hydrogen) atoms. The molecule has 0 aromatic heterocycles. The largest absolute Gasteiger partial charge is 0.387 e. The van der Waals surface area contributed by atoms with Gasteiger partial charge >= 0.3 is 0 Å². The van der Waals surface area contributed by atoms with Gasteiger partial charge in [0.25, 0.3) is 0 Å². The predicted octanol–water partition coefficient (Wildman–Crippen LogP) is 4.40. The summed E-state index contributed by atoms with van der Waals surface area (Å²) in [5, 5.41) is 13.8. The van der Waals surface area contributed by atoms with Crippen molar-refractivity contribution < 1.29 is 5.11 Å². The van der Waals surface area contributed by atoms with Gasteiger partial charge in [0.1, 0.15) is 0 Å². The van der Waals surface area contributed by atoms with E-state index in [0.717, 1.165) is 12.1 Å². The third-order valence-electron chi connectivity index (χ3n) is 3.91. The molecule has 0 amide bonds. The Balaban J connectivity index is 2.41. The average molecular weight is 277 g/mol. The number of hydrogen-bond acceptors (Lipinski definition) is 2. The van der Waals surface area contributed by atoms with Crippen LogP contribution in [0.3, 0.4) is 0 Å². The van der Waals surface area contributed by atoms with Crippen molar-refractivity contribution in [1.82, 2.24) is 5.32 Å². The van der Waals surface area contributed by atoms with Gasteiger partial charge in [-0.3, -0.25) is 0 Å². The molecular formula is C18H31NO. The Labute approximate surface area is 124 Å². The zero-order valence-electron chi connectivity index (χ0n) is 13.5. The van der Waals surface area contributed by atoms with Gasteiger partial charge in [-0.15, -0.1) is 0 Å². The van der Waals surface area contributed by atoms with E-state index < -0.39 is 6.10 Å². The van der Waals surface area contributed by atoms with Gasteiger partial charge in [-0.05, 0) is 36.9 Å². The monoisotopic (exact) mass is 277 g/mol. The molecule has 0 saturated heterocycles. The highest BCUT2D eigenvalue weighted by Gasteiger charge is 2.15. The van der Waals surface area contributed by atoms with Gasteiger partial charge in [-0.2, -0.15) is 0 Å². The van der Waals surface area contributed by atoms with Crippen LogP contribution in [0.2, 0.25) is 0 Å². The maximum absolute atomic E-state index is 10.4. The standard InChI is InChI=1S/C18H31NO/c1-5-6-7-8-13-19-15(4)18(20)17-11-9-16(10-12-17)14(2)3/h9-12,14-15,18-20H,5-8,13H2,1-4H3. The molecule has 2 unspecified atom stereocenters. The zero-order valence-corrected chi connectivity index (χ0v) is 13.5. The summed E-state index contributed by atoms with van der Waals surface area (Å²) >= 11 is 0. The number of benzene rings is 1. The summed E-state index contributed by atoms with van der Waals surface area (Å²) in [4.78, 5) is 0. The molecule has 0 aliphatic carbocycles. The lowest BCUT2D eigenvalue weighted by molar-refractivity contribution is 0.136. The summed E-state index contributed by atoms with van der Waals surface area (Å²) in [6, 6.07) is 8.44. The SMILES string of the molecule is CCCCCCNC(C)C(O)c1ccc(C(C)C)cc1. The minimum atomic E-state index is -0.428. The van der Waals surface area contributed by atoms with Crippen molar-refractivity contribution in [2.45, 2.75) is 71.4 Å². The van der Waals surface area contributed by atoms with Gasteiger partial charge in [0.2, 0.25) is 0 Å². The van der Waals surface area contributed by atoms with E-state index in [9.17, 15) is 5.11 Å². The normalized spacial score (nSPS) is 14.5. The number of aliphatic hydroxyl groups is 1. The van der Waals surface area contributed by atoms with Gasteiger partial charge in [0.05, 0.1) is 6.10 Å². The molecule has 0 fully saturated rings. The fraction of sp³-hybridized carbons (Fsp3) is 0.667. The number of aliphatic hydroxyl groups excluding tert-OH is 1. The Kier molecular flexibility index (Phi) is 7.86. The van der Waals surface area contributed by atoms with E-state index in [0.29, 0.717) is 5.92 Å². The van der Waals surface area contributed by atoms with Gasteiger partial charge in [-0.25, -0.2) is 0 Å². The summed E-state index contributed by atoms with van der Waals surface area (Å²) < 4.78 is 0. The Bertz CT molecular complexity index is 358. The molecule has 0 spiro atoms. The summed E-state index contributed by atoms with van der Waals surface area (Å²) in [5.74, 6) is 0.537. The molecule has 1 aromatic rings. The second kappa shape index (κ2) is 9.15. The Hall–Kier alpha value is -0.860. The molecule has 0 radical (unpaired) electrons. The maximum Gasteiger partial charge on any atom is 0.0940 e. The van der Waals surface area contributed by atoms with Crippen LogP contribution in [-0.4, -0.2) is 17.7 Å². The molecule has 1 rings (SSSR count). The molecule has 0 aliphatic heterocycles. The van der Waals surface area contributed by atoms with Crippen LogP contribution in [-0.2, 0) is 0 Å². The van der Waals surface area contributed by atoms with E-state index in [1.807, 2.05) is 0 Å². The van der Waals surface area contributed by atoms with Gasteiger partial charge in [0.15, 0.2) is 0 Å². The lowest BCUT2D eigenvalue weighted by atomic mass is 9.98. The maximum atomic E-state index is 10.4. The minimum absolute atomic E-state index is 0.0986. The second-order valence-corrected chi connectivity index (χ2v) is 6.07. The quantitative estimate of drug-likeness (QED) is 0.656. The van der Waals surface area contributed by atoms with Gasteiger partial charge < -0.3 is 10.4 Å². The first-order chi connectivity index (χ1) is 9.56. The first-order valence-electron chi connectivity index (χ1n) is 8.07. The first-order valence-corrected chi connectivity index (χ1v) is 8.07. The lowest BCUT2D eigenvalue weighted by Gasteiger charge is -2.21. The summed E-state index contributed by atoms with van der Waals surface area (Å²) in [6.07, 6.45) is 4.60. The molecule has 0 saturated carbocycles. The first kappa shape index (κ1) is 17.2. The number of unbranched alkanes of at least 4 members (excludes halogenated alkanes) is 3. The van der Waals surface area contributed by atoms with Crippen LogP contribution in [0.5, 0.6) is 0 Å². The highest BCUT2D eigenvalue weighted by molar-refractivity contribution is 5.26. The van der Waals surface area contributed by atoms with Crippen molar-refractivity contribution in [3.63, 3.8) is 0 Å². The molecule has 114 valence electrons. The van der Waals surface area contributed by atoms with Crippen molar-refractivity contribution in [2.75, 3.05) is 6.54 Å². The fourth-order valence-electron chi connectivity index (χ4n) is 2.36. The number of rotatable bonds is 9. The minimum Gasteiger partial charge on any atom is -0.387 e. The number of hydrogen-bond donors (Lipinski definition) is 2. The number of nitrogens with one attached hydrogen (secondary N) is 1. The van der Waals surface area contributed by atoms with Crippen LogP contribution in [0.4, 0.5) is 0 Å². The van der Waals surface area contributed by atoms with E-state index in [-0.39, 0.29) is 6.04 Å². The average Bonchev–Trinajstić information content (AvgIpc) is 2.46. The van der Waals surface area contributed by atoms with Crippen LogP contribution < -0.4 is 5.32 Å². The molecule has 0 heterocycles. The molecule has 2 N–H and O–H groups in total.